The van der Waals surface area contributed by atoms with Crippen LogP contribution in [0.4, 0.5) is 0 Å². The third kappa shape index (κ3) is 2.37. The third-order valence-electron chi connectivity index (χ3n) is 2.20. The number of benzene rings is 1. The maximum absolute atomic E-state index is 5.96. The van der Waals surface area contributed by atoms with Crippen LogP contribution in [0.5, 0.6) is 0 Å². The molecule has 0 bridgehead atoms. The van der Waals surface area contributed by atoms with Gasteiger partial charge in [0.1, 0.15) is 10.0 Å². The zero-order valence-electron chi connectivity index (χ0n) is 8.87. The first-order valence-corrected chi connectivity index (χ1v) is 6.45. The number of halogens is 2. The molecule has 1 aromatic carbocycles. The number of hydrogen-bond acceptors (Lipinski definition) is 3. The molecule has 84 valence electrons. The topological polar surface area (TPSA) is 25.8 Å². The van der Waals surface area contributed by atoms with E-state index in [4.69, 9.17) is 23.2 Å². The van der Waals surface area contributed by atoms with Crippen molar-refractivity contribution in [3.8, 4) is 10.6 Å². The van der Waals surface area contributed by atoms with Gasteiger partial charge in [-0.1, -0.05) is 29.0 Å². The van der Waals surface area contributed by atoms with Crippen molar-refractivity contribution in [1.82, 2.24) is 10.2 Å². The van der Waals surface area contributed by atoms with E-state index in [0.29, 0.717) is 0 Å². The largest absolute Gasteiger partial charge is 0.148 e. The summed E-state index contributed by atoms with van der Waals surface area (Å²) in [7, 11) is 0. The van der Waals surface area contributed by atoms with Crippen LogP contribution in [-0.2, 0) is 0 Å². The summed E-state index contributed by atoms with van der Waals surface area (Å²) >= 11 is 13.4. The van der Waals surface area contributed by atoms with Crippen molar-refractivity contribution >= 4 is 34.5 Å². The van der Waals surface area contributed by atoms with Gasteiger partial charge in [-0.3, -0.25) is 0 Å². The molecular formula is C11H10Cl2N2S. The third-order valence-corrected chi connectivity index (χ3v) is 3.91. The number of aromatic nitrogens is 2. The summed E-state index contributed by atoms with van der Waals surface area (Å²) in [6, 6.07) is 5.73. The van der Waals surface area contributed by atoms with Crippen molar-refractivity contribution in [2.45, 2.75) is 19.2 Å². The molecule has 1 atom stereocenters. The van der Waals surface area contributed by atoms with Gasteiger partial charge < -0.3 is 0 Å². The first-order chi connectivity index (χ1) is 7.58. The minimum absolute atomic E-state index is 0.0983. The van der Waals surface area contributed by atoms with Crippen molar-refractivity contribution < 1.29 is 0 Å². The Morgan fingerprint density at radius 3 is 2.62 bits per heavy atom. The second kappa shape index (κ2) is 4.70. The zero-order valence-corrected chi connectivity index (χ0v) is 11.2. The Bertz CT molecular complexity index is 508. The maximum atomic E-state index is 5.96. The van der Waals surface area contributed by atoms with Gasteiger partial charge in [0.2, 0.25) is 0 Å². The molecule has 16 heavy (non-hydrogen) atoms. The first kappa shape index (κ1) is 11.8. The number of hydrogen-bond donors (Lipinski definition) is 0. The predicted molar refractivity (Wildman–Crippen MR) is 69.4 cm³/mol. The average molecular weight is 273 g/mol. The number of aryl methyl sites for hydroxylation is 1. The van der Waals surface area contributed by atoms with Crippen LogP contribution in [0.2, 0.25) is 5.02 Å². The SMILES string of the molecule is Cc1cc(Cl)ccc1-c1nnc(C(C)Cl)s1. The fourth-order valence-electron chi connectivity index (χ4n) is 1.37. The molecule has 2 aromatic rings. The molecule has 1 aromatic heterocycles. The summed E-state index contributed by atoms with van der Waals surface area (Å²) in [6.07, 6.45) is 0. The quantitative estimate of drug-likeness (QED) is 0.754. The molecule has 1 heterocycles. The Morgan fingerprint density at radius 1 is 1.31 bits per heavy atom. The van der Waals surface area contributed by atoms with Gasteiger partial charge in [-0.05, 0) is 31.5 Å². The van der Waals surface area contributed by atoms with Gasteiger partial charge >= 0.3 is 0 Å². The Hall–Kier alpha value is -0.640. The van der Waals surface area contributed by atoms with Gasteiger partial charge in [-0.15, -0.1) is 21.8 Å². The minimum atomic E-state index is -0.0983. The van der Waals surface area contributed by atoms with Gasteiger partial charge in [0.25, 0.3) is 0 Å². The molecule has 0 amide bonds. The molecule has 0 spiro atoms. The molecule has 0 N–H and O–H groups in total. The second-order valence-corrected chi connectivity index (χ2v) is 5.62. The summed E-state index contributed by atoms with van der Waals surface area (Å²) in [5.41, 5.74) is 2.16. The molecule has 2 rings (SSSR count). The van der Waals surface area contributed by atoms with Crippen LogP contribution in [0.15, 0.2) is 18.2 Å². The fraction of sp³-hybridized carbons (Fsp3) is 0.273. The van der Waals surface area contributed by atoms with Gasteiger partial charge in [0.05, 0.1) is 5.38 Å². The molecule has 2 nitrogen and oxygen atoms in total. The van der Waals surface area contributed by atoms with Crippen LogP contribution in [0.25, 0.3) is 10.6 Å². The number of nitrogens with zero attached hydrogens (tertiary/aromatic N) is 2. The lowest BCUT2D eigenvalue weighted by Gasteiger charge is -2.01. The van der Waals surface area contributed by atoms with Crippen LogP contribution in [0, 0.1) is 6.92 Å². The average Bonchev–Trinajstić information content (AvgIpc) is 2.66. The van der Waals surface area contributed by atoms with Gasteiger partial charge in [-0.25, -0.2) is 0 Å². The highest BCUT2D eigenvalue weighted by Gasteiger charge is 2.12. The summed E-state index contributed by atoms with van der Waals surface area (Å²) in [5.74, 6) is 0. The molecule has 0 saturated carbocycles. The monoisotopic (exact) mass is 272 g/mol. The highest BCUT2D eigenvalue weighted by atomic mass is 35.5. The highest BCUT2D eigenvalue weighted by molar-refractivity contribution is 7.15. The zero-order chi connectivity index (χ0) is 11.7. The second-order valence-electron chi connectivity index (χ2n) is 3.52. The Labute approximate surface area is 108 Å². The van der Waals surface area contributed by atoms with E-state index < -0.39 is 0 Å². The molecule has 5 heteroatoms. The molecule has 0 saturated heterocycles. The van der Waals surface area contributed by atoms with Crippen molar-refractivity contribution in [1.29, 1.82) is 0 Å². The van der Waals surface area contributed by atoms with Crippen molar-refractivity contribution in [3.05, 3.63) is 33.8 Å². The smallest absolute Gasteiger partial charge is 0.142 e. The lowest BCUT2D eigenvalue weighted by molar-refractivity contribution is 0.962. The molecule has 0 fully saturated rings. The molecule has 0 aliphatic rings. The molecule has 0 aliphatic carbocycles. The van der Waals surface area contributed by atoms with Crippen molar-refractivity contribution in [2.75, 3.05) is 0 Å². The summed E-state index contributed by atoms with van der Waals surface area (Å²) in [4.78, 5) is 0. The lowest BCUT2D eigenvalue weighted by atomic mass is 10.1. The van der Waals surface area contributed by atoms with Gasteiger partial charge in [0, 0.05) is 10.6 Å². The van der Waals surface area contributed by atoms with Gasteiger partial charge in [0.15, 0.2) is 0 Å². The summed E-state index contributed by atoms with van der Waals surface area (Å²) in [5, 5.41) is 10.6. The molecular weight excluding hydrogens is 263 g/mol. The normalized spacial score (nSPS) is 12.8. The van der Waals surface area contributed by atoms with Crippen LogP contribution < -0.4 is 0 Å². The summed E-state index contributed by atoms with van der Waals surface area (Å²) < 4.78 is 0. The first-order valence-electron chi connectivity index (χ1n) is 4.82. The van der Waals surface area contributed by atoms with Crippen LogP contribution in [0.3, 0.4) is 0 Å². The maximum Gasteiger partial charge on any atom is 0.148 e. The standard InChI is InChI=1S/C11H10Cl2N2S/c1-6-5-8(13)3-4-9(6)11-15-14-10(16-11)7(2)12/h3-5,7H,1-2H3. The van der Waals surface area contributed by atoms with E-state index in [-0.39, 0.29) is 5.38 Å². The van der Waals surface area contributed by atoms with E-state index in [1.165, 1.54) is 11.3 Å². The van der Waals surface area contributed by atoms with E-state index >= 15 is 0 Å². The van der Waals surface area contributed by atoms with E-state index in [9.17, 15) is 0 Å². The van der Waals surface area contributed by atoms with E-state index in [0.717, 1.165) is 26.2 Å². The minimum Gasteiger partial charge on any atom is -0.142 e. The van der Waals surface area contributed by atoms with E-state index in [1.54, 1.807) is 0 Å². The Morgan fingerprint density at radius 2 is 2.06 bits per heavy atom. The highest BCUT2D eigenvalue weighted by Crippen LogP contribution is 2.31. The Balaban J connectivity index is 2.42. The lowest BCUT2D eigenvalue weighted by Crippen LogP contribution is -1.82. The van der Waals surface area contributed by atoms with Crippen molar-refractivity contribution in [2.24, 2.45) is 0 Å². The molecule has 0 radical (unpaired) electrons. The van der Waals surface area contributed by atoms with E-state index in [1.807, 2.05) is 32.0 Å². The Kier molecular flexibility index (Phi) is 3.47. The predicted octanol–water partition coefficient (Wildman–Crippen LogP) is 4.47. The number of alkyl halides is 1. The number of rotatable bonds is 2. The van der Waals surface area contributed by atoms with Crippen molar-refractivity contribution in [3.63, 3.8) is 0 Å². The summed E-state index contributed by atoms with van der Waals surface area (Å²) in [6.45, 7) is 3.90. The van der Waals surface area contributed by atoms with Crippen LogP contribution in [0.1, 0.15) is 22.9 Å². The van der Waals surface area contributed by atoms with Crippen LogP contribution in [-0.4, -0.2) is 10.2 Å². The van der Waals surface area contributed by atoms with Crippen LogP contribution >= 0.6 is 34.5 Å². The molecule has 0 aliphatic heterocycles. The van der Waals surface area contributed by atoms with E-state index in [2.05, 4.69) is 10.2 Å². The molecule has 1 unspecified atom stereocenters. The fourth-order valence-corrected chi connectivity index (χ4v) is 2.64. The van der Waals surface area contributed by atoms with Gasteiger partial charge in [-0.2, -0.15) is 0 Å².